The second-order valence-electron chi connectivity index (χ2n) is 4.54. The van der Waals surface area contributed by atoms with E-state index in [2.05, 4.69) is 15.9 Å². The minimum absolute atomic E-state index is 0.0299. The van der Waals surface area contributed by atoms with Gasteiger partial charge in [-0.25, -0.2) is 0 Å². The topological polar surface area (TPSA) is 40.5 Å². The van der Waals surface area contributed by atoms with Crippen molar-refractivity contribution in [1.82, 2.24) is 4.90 Å². The van der Waals surface area contributed by atoms with Gasteiger partial charge in [0.15, 0.2) is 0 Å². The number of rotatable bonds is 2. The van der Waals surface area contributed by atoms with Crippen LogP contribution in [0.2, 0.25) is 5.02 Å². The van der Waals surface area contributed by atoms with Crippen LogP contribution in [0.15, 0.2) is 22.7 Å². The van der Waals surface area contributed by atoms with Crippen molar-refractivity contribution in [1.29, 1.82) is 0 Å². The van der Waals surface area contributed by atoms with Crippen molar-refractivity contribution in [2.24, 2.45) is 5.92 Å². The first-order chi connectivity index (χ1) is 8.61. The summed E-state index contributed by atoms with van der Waals surface area (Å²) >= 11 is 9.40. The van der Waals surface area contributed by atoms with E-state index in [1.54, 1.807) is 17.0 Å². The maximum absolute atomic E-state index is 12.3. The molecule has 1 aromatic carbocycles. The van der Waals surface area contributed by atoms with Crippen LogP contribution in [0.25, 0.3) is 0 Å². The van der Waals surface area contributed by atoms with Crippen molar-refractivity contribution in [3.05, 3.63) is 33.3 Å². The second-order valence-corrected chi connectivity index (χ2v) is 5.87. The molecule has 5 heteroatoms. The van der Waals surface area contributed by atoms with Gasteiger partial charge in [0, 0.05) is 24.2 Å². The van der Waals surface area contributed by atoms with E-state index in [-0.39, 0.29) is 12.5 Å². The fraction of sp³-hybridized carbons (Fsp3) is 0.462. The van der Waals surface area contributed by atoms with Crippen molar-refractivity contribution in [3.8, 4) is 0 Å². The number of hydrogen-bond acceptors (Lipinski definition) is 2. The summed E-state index contributed by atoms with van der Waals surface area (Å²) in [6.07, 6.45) is 1.71. The Balaban J connectivity index is 2.10. The van der Waals surface area contributed by atoms with Crippen molar-refractivity contribution >= 4 is 33.4 Å². The zero-order valence-corrected chi connectivity index (χ0v) is 12.2. The molecule has 1 saturated heterocycles. The van der Waals surface area contributed by atoms with Gasteiger partial charge in [-0.2, -0.15) is 0 Å². The summed E-state index contributed by atoms with van der Waals surface area (Å²) < 4.78 is 0.848. The maximum atomic E-state index is 12.3. The normalized spacial score (nSPS) is 16.9. The molecule has 1 aromatic rings. The number of aliphatic hydroxyl groups excluding tert-OH is 1. The van der Waals surface area contributed by atoms with Crippen LogP contribution in [0.1, 0.15) is 23.2 Å². The largest absolute Gasteiger partial charge is 0.396 e. The zero-order valence-electron chi connectivity index (χ0n) is 9.90. The smallest absolute Gasteiger partial charge is 0.255 e. The van der Waals surface area contributed by atoms with E-state index in [1.807, 2.05) is 6.07 Å². The molecule has 1 amide bonds. The summed E-state index contributed by atoms with van der Waals surface area (Å²) in [4.78, 5) is 14.1. The zero-order chi connectivity index (χ0) is 13.1. The predicted octanol–water partition coefficient (Wildman–Crippen LogP) is 2.95. The Kier molecular flexibility index (Phi) is 4.65. The Morgan fingerprint density at radius 1 is 1.44 bits per heavy atom. The molecule has 18 heavy (non-hydrogen) atoms. The lowest BCUT2D eigenvalue weighted by atomic mass is 9.97. The van der Waals surface area contributed by atoms with Gasteiger partial charge in [-0.05, 0) is 37.0 Å². The highest BCUT2D eigenvalue weighted by atomic mass is 79.9. The first-order valence-corrected chi connectivity index (χ1v) is 7.14. The number of aliphatic hydroxyl groups is 1. The summed E-state index contributed by atoms with van der Waals surface area (Å²) in [5, 5.41) is 9.56. The van der Waals surface area contributed by atoms with Crippen LogP contribution in [0, 0.1) is 5.92 Å². The van der Waals surface area contributed by atoms with Gasteiger partial charge < -0.3 is 10.0 Å². The Hall–Kier alpha value is -0.580. The molecule has 3 nitrogen and oxygen atoms in total. The Morgan fingerprint density at radius 3 is 2.72 bits per heavy atom. The molecular weight excluding hydrogens is 318 g/mol. The van der Waals surface area contributed by atoms with E-state index in [0.717, 1.165) is 17.3 Å². The minimum Gasteiger partial charge on any atom is -0.396 e. The van der Waals surface area contributed by atoms with Crippen LogP contribution in [0.4, 0.5) is 0 Å². The first kappa shape index (κ1) is 13.8. The Morgan fingerprint density at radius 2 is 2.11 bits per heavy atom. The van der Waals surface area contributed by atoms with Crippen LogP contribution in [-0.4, -0.2) is 35.6 Å². The van der Waals surface area contributed by atoms with E-state index in [4.69, 9.17) is 16.7 Å². The van der Waals surface area contributed by atoms with Crippen LogP contribution in [-0.2, 0) is 0 Å². The van der Waals surface area contributed by atoms with Gasteiger partial charge >= 0.3 is 0 Å². The van der Waals surface area contributed by atoms with Crippen LogP contribution in [0.3, 0.4) is 0 Å². The number of carbonyl (C=O) groups excluding carboxylic acids is 1. The van der Waals surface area contributed by atoms with Crippen LogP contribution >= 0.6 is 27.5 Å². The van der Waals surface area contributed by atoms with Crippen molar-refractivity contribution < 1.29 is 9.90 Å². The molecule has 2 rings (SSSR count). The lowest BCUT2D eigenvalue weighted by Crippen LogP contribution is -2.39. The number of amides is 1. The SMILES string of the molecule is O=C(c1cc(Br)ccc1Cl)N1CCC(CO)CC1. The Labute approximate surface area is 120 Å². The van der Waals surface area contributed by atoms with Crippen LogP contribution < -0.4 is 0 Å². The number of likely N-dealkylation sites (tertiary alicyclic amines) is 1. The number of halogens is 2. The van der Waals surface area contributed by atoms with Gasteiger partial charge in [0.2, 0.25) is 0 Å². The second kappa shape index (κ2) is 6.04. The molecule has 0 aromatic heterocycles. The van der Waals surface area contributed by atoms with Gasteiger partial charge in [-0.1, -0.05) is 27.5 Å². The fourth-order valence-corrected chi connectivity index (χ4v) is 2.71. The maximum Gasteiger partial charge on any atom is 0.255 e. The average Bonchev–Trinajstić information content (AvgIpc) is 2.41. The van der Waals surface area contributed by atoms with Gasteiger partial charge in [0.25, 0.3) is 5.91 Å². The molecule has 0 saturated carbocycles. The third-order valence-corrected chi connectivity index (χ3v) is 4.14. The molecule has 1 N–H and O–H groups in total. The van der Waals surface area contributed by atoms with E-state index in [1.165, 1.54) is 0 Å². The van der Waals surface area contributed by atoms with Crippen molar-refractivity contribution in [3.63, 3.8) is 0 Å². The fourth-order valence-electron chi connectivity index (χ4n) is 2.15. The van der Waals surface area contributed by atoms with E-state index < -0.39 is 0 Å². The molecule has 0 aliphatic carbocycles. The standard InChI is InChI=1S/C13H15BrClNO2/c14-10-1-2-12(15)11(7-10)13(18)16-5-3-9(8-17)4-6-16/h1-2,7,9,17H,3-6,8H2. The number of benzene rings is 1. The molecule has 0 atom stereocenters. The summed E-state index contributed by atoms with van der Waals surface area (Å²) in [5.74, 6) is 0.296. The lowest BCUT2D eigenvalue weighted by Gasteiger charge is -2.31. The first-order valence-electron chi connectivity index (χ1n) is 5.97. The third-order valence-electron chi connectivity index (χ3n) is 3.32. The van der Waals surface area contributed by atoms with Crippen molar-refractivity contribution in [2.45, 2.75) is 12.8 Å². The number of carbonyl (C=O) groups is 1. The predicted molar refractivity (Wildman–Crippen MR) is 74.9 cm³/mol. The highest BCUT2D eigenvalue weighted by molar-refractivity contribution is 9.10. The molecule has 0 radical (unpaired) electrons. The summed E-state index contributed by atoms with van der Waals surface area (Å²) in [7, 11) is 0. The minimum atomic E-state index is -0.0299. The molecule has 1 fully saturated rings. The Bertz CT molecular complexity index is 445. The third kappa shape index (κ3) is 3.05. The molecule has 0 unspecified atom stereocenters. The average molecular weight is 333 g/mol. The van der Waals surface area contributed by atoms with E-state index in [0.29, 0.717) is 29.6 Å². The molecule has 1 aliphatic heterocycles. The summed E-state index contributed by atoms with van der Waals surface area (Å²) in [6.45, 7) is 1.58. The lowest BCUT2D eigenvalue weighted by molar-refractivity contribution is 0.0651. The number of hydrogen-bond donors (Lipinski definition) is 1. The van der Waals surface area contributed by atoms with Gasteiger partial charge in [-0.15, -0.1) is 0 Å². The van der Waals surface area contributed by atoms with Crippen LogP contribution in [0.5, 0.6) is 0 Å². The molecule has 0 spiro atoms. The number of nitrogens with zero attached hydrogens (tertiary/aromatic N) is 1. The summed E-state index contributed by atoms with van der Waals surface area (Å²) in [6, 6.07) is 5.29. The summed E-state index contributed by atoms with van der Waals surface area (Å²) in [5.41, 5.74) is 0.536. The molecule has 0 bridgehead atoms. The number of piperidine rings is 1. The molecule has 1 heterocycles. The van der Waals surface area contributed by atoms with Gasteiger partial charge in [0.1, 0.15) is 0 Å². The molecule has 98 valence electrons. The van der Waals surface area contributed by atoms with Gasteiger partial charge in [-0.3, -0.25) is 4.79 Å². The van der Waals surface area contributed by atoms with E-state index >= 15 is 0 Å². The van der Waals surface area contributed by atoms with Crippen molar-refractivity contribution in [2.75, 3.05) is 19.7 Å². The highest BCUT2D eigenvalue weighted by Gasteiger charge is 2.24. The molecular formula is C13H15BrClNO2. The molecule has 1 aliphatic rings. The quantitative estimate of drug-likeness (QED) is 0.904. The van der Waals surface area contributed by atoms with Gasteiger partial charge in [0.05, 0.1) is 10.6 Å². The van der Waals surface area contributed by atoms with E-state index in [9.17, 15) is 4.79 Å². The highest BCUT2D eigenvalue weighted by Crippen LogP contribution is 2.24. The monoisotopic (exact) mass is 331 g/mol.